The standard InChI is InChI=1S/C15H19BrN2O3/c1-8(2)13-14(19)17-9(3)15(20)18(13)10-5-6-12(21-4)11(16)7-10/h5-9,13H,1-4H3,(H,17,19). The van der Waals surface area contributed by atoms with E-state index in [4.69, 9.17) is 4.74 Å². The fourth-order valence-corrected chi connectivity index (χ4v) is 3.05. The first-order chi connectivity index (χ1) is 9.86. The number of carbonyl (C=O) groups excluding carboxylic acids is 2. The van der Waals surface area contributed by atoms with Gasteiger partial charge in [0.25, 0.3) is 0 Å². The second-order valence-corrected chi connectivity index (χ2v) is 6.30. The summed E-state index contributed by atoms with van der Waals surface area (Å²) in [5, 5.41) is 2.73. The molecule has 6 heteroatoms. The van der Waals surface area contributed by atoms with Crippen LogP contribution in [0.1, 0.15) is 20.8 Å². The zero-order chi connectivity index (χ0) is 15.7. The van der Waals surface area contributed by atoms with Crippen molar-refractivity contribution in [2.75, 3.05) is 12.0 Å². The number of hydrogen-bond donors (Lipinski definition) is 1. The van der Waals surface area contributed by atoms with Crippen LogP contribution >= 0.6 is 15.9 Å². The van der Waals surface area contributed by atoms with E-state index >= 15 is 0 Å². The third-order valence-corrected chi connectivity index (χ3v) is 4.18. The third-order valence-electron chi connectivity index (χ3n) is 3.56. The van der Waals surface area contributed by atoms with Crippen molar-refractivity contribution in [1.82, 2.24) is 5.32 Å². The lowest BCUT2D eigenvalue weighted by Crippen LogP contribution is -2.64. The van der Waals surface area contributed by atoms with Crippen LogP contribution in [0.15, 0.2) is 22.7 Å². The highest BCUT2D eigenvalue weighted by atomic mass is 79.9. The molecular formula is C15H19BrN2O3. The molecule has 2 unspecified atom stereocenters. The average Bonchev–Trinajstić information content (AvgIpc) is 2.41. The molecule has 2 rings (SSSR count). The Morgan fingerprint density at radius 3 is 2.52 bits per heavy atom. The molecule has 1 saturated heterocycles. The summed E-state index contributed by atoms with van der Waals surface area (Å²) in [6.07, 6.45) is 0. The van der Waals surface area contributed by atoms with Crippen LogP contribution in [0.2, 0.25) is 0 Å². The molecule has 21 heavy (non-hydrogen) atoms. The lowest BCUT2D eigenvalue weighted by Gasteiger charge is -2.40. The van der Waals surface area contributed by atoms with Crippen molar-refractivity contribution < 1.29 is 14.3 Å². The Kier molecular flexibility index (Phi) is 4.56. The molecule has 1 aromatic rings. The Labute approximate surface area is 132 Å². The predicted octanol–water partition coefficient (Wildman–Crippen LogP) is 2.33. The fourth-order valence-electron chi connectivity index (χ4n) is 2.52. The van der Waals surface area contributed by atoms with Gasteiger partial charge in [0.2, 0.25) is 11.8 Å². The van der Waals surface area contributed by atoms with Gasteiger partial charge in [0.1, 0.15) is 17.8 Å². The van der Waals surface area contributed by atoms with Gasteiger partial charge in [0.15, 0.2) is 0 Å². The van der Waals surface area contributed by atoms with Crippen molar-refractivity contribution >= 4 is 33.4 Å². The number of amides is 2. The number of hydrogen-bond acceptors (Lipinski definition) is 3. The van der Waals surface area contributed by atoms with Gasteiger partial charge in [-0.25, -0.2) is 0 Å². The summed E-state index contributed by atoms with van der Waals surface area (Å²) in [5.74, 6) is 0.471. The van der Waals surface area contributed by atoms with Gasteiger partial charge in [-0.3, -0.25) is 14.5 Å². The van der Waals surface area contributed by atoms with Crippen LogP contribution in [0.25, 0.3) is 0 Å². The van der Waals surface area contributed by atoms with Gasteiger partial charge in [-0.15, -0.1) is 0 Å². The number of nitrogens with zero attached hydrogens (tertiary/aromatic N) is 1. The number of rotatable bonds is 3. The van der Waals surface area contributed by atoms with Crippen LogP contribution in [0, 0.1) is 5.92 Å². The molecule has 0 bridgehead atoms. The summed E-state index contributed by atoms with van der Waals surface area (Å²) in [7, 11) is 1.58. The van der Waals surface area contributed by atoms with Crippen LogP contribution in [0.3, 0.4) is 0 Å². The quantitative estimate of drug-likeness (QED) is 0.906. The van der Waals surface area contributed by atoms with E-state index in [1.807, 2.05) is 13.8 Å². The van der Waals surface area contributed by atoms with E-state index in [1.54, 1.807) is 37.1 Å². The van der Waals surface area contributed by atoms with Gasteiger partial charge in [-0.2, -0.15) is 0 Å². The van der Waals surface area contributed by atoms with E-state index in [0.717, 1.165) is 4.47 Å². The molecule has 1 N–H and O–H groups in total. The molecule has 0 saturated carbocycles. The summed E-state index contributed by atoms with van der Waals surface area (Å²) in [4.78, 5) is 26.3. The van der Waals surface area contributed by atoms with Crippen molar-refractivity contribution in [2.24, 2.45) is 5.92 Å². The molecule has 1 aliphatic rings. The van der Waals surface area contributed by atoms with Gasteiger partial charge < -0.3 is 10.1 Å². The van der Waals surface area contributed by atoms with Gasteiger partial charge in [-0.05, 0) is 47.0 Å². The molecule has 2 amide bonds. The first kappa shape index (κ1) is 15.8. The topological polar surface area (TPSA) is 58.6 Å². The number of halogens is 1. The molecule has 1 heterocycles. The summed E-state index contributed by atoms with van der Waals surface area (Å²) in [6.45, 7) is 5.56. The second kappa shape index (κ2) is 6.05. The Bertz CT molecular complexity index is 574. The number of anilines is 1. The van der Waals surface area contributed by atoms with Gasteiger partial charge in [-0.1, -0.05) is 13.8 Å². The number of carbonyl (C=O) groups is 2. The Morgan fingerprint density at radius 1 is 1.33 bits per heavy atom. The molecule has 0 aliphatic carbocycles. The van der Waals surface area contributed by atoms with Crippen molar-refractivity contribution in [3.05, 3.63) is 22.7 Å². The van der Waals surface area contributed by atoms with E-state index in [2.05, 4.69) is 21.2 Å². The number of piperazine rings is 1. The van der Waals surface area contributed by atoms with E-state index in [-0.39, 0.29) is 17.7 Å². The average molecular weight is 355 g/mol. The predicted molar refractivity (Wildman–Crippen MR) is 84.4 cm³/mol. The summed E-state index contributed by atoms with van der Waals surface area (Å²) in [6, 6.07) is 4.35. The van der Waals surface area contributed by atoms with E-state index in [1.165, 1.54) is 0 Å². The highest BCUT2D eigenvalue weighted by Gasteiger charge is 2.41. The molecule has 1 aliphatic heterocycles. The van der Waals surface area contributed by atoms with Crippen LogP contribution in [-0.4, -0.2) is 31.0 Å². The zero-order valence-corrected chi connectivity index (χ0v) is 14.1. The molecule has 0 radical (unpaired) electrons. The Morgan fingerprint density at radius 2 is 2.00 bits per heavy atom. The number of methoxy groups -OCH3 is 1. The van der Waals surface area contributed by atoms with E-state index < -0.39 is 12.1 Å². The van der Waals surface area contributed by atoms with Crippen molar-refractivity contribution in [3.8, 4) is 5.75 Å². The maximum atomic E-state index is 12.5. The largest absolute Gasteiger partial charge is 0.496 e. The second-order valence-electron chi connectivity index (χ2n) is 5.45. The van der Waals surface area contributed by atoms with Crippen molar-refractivity contribution in [2.45, 2.75) is 32.9 Å². The Balaban J connectivity index is 2.47. The molecule has 2 atom stereocenters. The SMILES string of the molecule is COc1ccc(N2C(=O)C(C)NC(=O)C2C(C)C)cc1Br. The molecule has 5 nitrogen and oxygen atoms in total. The minimum Gasteiger partial charge on any atom is -0.496 e. The molecule has 1 fully saturated rings. The first-order valence-corrected chi connectivity index (χ1v) is 7.63. The minimum atomic E-state index is -0.520. The molecule has 114 valence electrons. The maximum Gasteiger partial charge on any atom is 0.250 e. The normalized spacial score (nSPS) is 22.5. The monoisotopic (exact) mass is 354 g/mol. The molecule has 0 spiro atoms. The first-order valence-electron chi connectivity index (χ1n) is 6.83. The number of benzene rings is 1. The minimum absolute atomic E-state index is 0.0160. The highest BCUT2D eigenvalue weighted by molar-refractivity contribution is 9.10. The summed E-state index contributed by atoms with van der Waals surface area (Å²) >= 11 is 3.42. The smallest absolute Gasteiger partial charge is 0.250 e. The third kappa shape index (κ3) is 2.90. The van der Waals surface area contributed by atoms with Crippen LogP contribution < -0.4 is 15.0 Å². The lowest BCUT2D eigenvalue weighted by atomic mass is 9.96. The molecule has 0 aromatic heterocycles. The summed E-state index contributed by atoms with van der Waals surface area (Å²) < 4.78 is 5.95. The van der Waals surface area contributed by atoms with Gasteiger partial charge in [0.05, 0.1) is 11.6 Å². The van der Waals surface area contributed by atoms with Gasteiger partial charge in [0, 0.05) is 5.69 Å². The van der Waals surface area contributed by atoms with Gasteiger partial charge >= 0.3 is 0 Å². The molecule has 1 aromatic carbocycles. The van der Waals surface area contributed by atoms with Crippen LogP contribution in [-0.2, 0) is 9.59 Å². The van der Waals surface area contributed by atoms with Crippen LogP contribution in [0.5, 0.6) is 5.75 Å². The number of nitrogens with one attached hydrogen (secondary N) is 1. The number of ether oxygens (including phenoxy) is 1. The molecular weight excluding hydrogens is 336 g/mol. The zero-order valence-electron chi connectivity index (χ0n) is 12.5. The maximum absolute atomic E-state index is 12.5. The van der Waals surface area contributed by atoms with Crippen molar-refractivity contribution in [1.29, 1.82) is 0 Å². The lowest BCUT2D eigenvalue weighted by molar-refractivity contribution is -0.134. The van der Waals surface area contributed by atoms with E-state index in [9.17, 15) is 9.59 Å². The van der Waals surface area contributed by atoms with Crippen LogP contribution in [0.4, 0.5) is 5.69 Å². The fraction of sp³-hybridized carbons (Fsp3) is 0.467. The Hall–Kier alpha value is -1.56. The van der Waals surface area contributed by atoms with Crippen molar-refractivity contribution in [3.63, 3.8) is 0 Å². The highest BCUT2D eigenvalue weighted by Crippen LogP contribution is 2.32. The summed E-state index contributed by atoms with van der Waals surface area (Å²) in [5.41, 5.74) is 0.688. The van der Waals surface area contributed by atoms with E-state index in [0.29, 0.717) is 11.4 Å².